The van der Waals surface area contributed by atoms with E-state index in [1.54, 1.807) is 42.5 Å². The number of aromatic nitrogens is 2. The van der Waals surface area contributed by atoms with E-state index >= 15 is 0 Å². The summed E-state index contributed by atoms with van der Waals surface area (Å²) in [6, 6.07) is 10.4. The lowest BCUT2D eigenvalue weighted by molar-refractivity contribution is -0.137. The fourth-order valence-electron chi connectivity index (χ4n) is 6.90. The molecule has 0 bridgehead atoms. The van der Waals surface area contributed by atoms with Gasteiger partial charge in [-0.2, -0.15) is 0 Å². The minimum Gasteiger partial charge on any atom is -0.399 e. The van der Waals surface area contributed by atoms with Crippen LogP contribution in [0.25, 0.3) is 0 Å². The van der Waals surface area contributed by atoms with Crippen LogP contribution in [0.5, 0.6) is 0 Å². The van der Waals surface area contributed by atoms with Gasteiger partial charge in [-0.1, -0.05) is 37.5 Å². The molecule has 16 heteroatoms. The molecule has 1 aliphatic carbocycles. The molecule has 4 amide bonds. The summed E-state index contributed by atoms with van der Waals surface area (Å²) in [5.74, 6) is -0.202. The van der Waals surface area contributed by atoms with Gasteiger partial charge in [0.2, 0.25) is 23.6 Å². The number of rotatable bonds is 19. The van der Waals surface area contributed by atoms with Crippen LogP contribution < -0.4 is 37.6 Å². The summed E-state index contributed by atoms with van der Waals surface area (Å²) in [6.45, 7) is 1.99. The molecule has 2 fully saturated rings. The number of carbonyl (C=O) groups is 5. The Morgan fingerprint density at radius 1 is 1.09 bits per heavy atom. The number of amides is 4. The van der Waals surface area contributed by atoms with Crippen LogP contribution in [0.15, 0.2) is 59.9 Å². The molecule has 8 N–H and O–H groups in total. The van der Waals surface area contributed by atoms with Gasteiger partial charge in [-0.25, -0.2) is 9.97 Å². The third-order valence-electron chi connectivity index (χ3n) is 9.76. The summed E-state index contributed by atoms with van der Waals surface area (Å²) in [4.78, 5) is 73.0. The molecular weight excluding hydrogens is 709 g/mol. The van der Waals surface area contributed by atoms with Crippen molar-refractivity contribution in [1.82, 2.24) is 36.1 Å². The van der Waals surface area contributed by atoms with Crippen LogP contribution in [-0.4, -0.2) is 84.1 Å². The van der Waals surface area contributed by atoms with Crippen molar-refractivity contribution in [2.24, 2.45) is 11.1 Å². The summed E-state index contributed by atoms with van der Waals surface area (Å²) in [5.41, 5.74) is 8.55. The number of anilines is 3. The normalized spacial score (nSPS) is 17.1. The van der Waals surface area contributed by atoms with E-state index in [4.69, 9.17) is 10.7 Å². The first-order valence-electron chi connectivity index (χ1n) is 18.4. The highest BCUT2D eigenvalue weighted by Gasteiger charge is 2.40. The molecule has 288 valence electrons. The molecule has 1 aliphatic heterocycles. The smallest absolute Gasteiger partial charge is 0.243 e. The molecule has 0 spiro atoms. The Morgan fingerprint density at radius 2 is 1.91 bits per heavy atom. The molecule has 3 heterocycles. The number of likely N-dealkylation sites (N-methyl/N-ethyl adjacent to an activating group) is 1. The van der Waals surface area contributed by atoms with Crippen LogP contribution in [0.2, 0.25) is 0 Å². The molecule has 15 nitrogen and oxygen atoms in total. The fraction of sp³-hybridized carbons (Fsp3) is 0.447. The van der Waals surface area contributed by atoms with Gasteiger partial charge in [0.05, 0.1) is 18.0 Å². The Balaban J connectivity index is 1.02. The Hall–Kier alpha value is -5.19. The number of pyridine rings is 1. The van der Waals surface area contributed by atoms with Gasteiger partial charge in [0.15, 0.2) is 5.13 Å². The van der Waals surface area contributed by atoms with Gasteiger partial charge in [-0.05, 0) is 44.5 Å². The molecule has 2 aromatic heterocycles. The maximum Gasteiger partial charge on any atom is 0.243 e. The topological polar surface area (TPSA) is 213 Å². The van der Waals surface area contributed by atoms with E-state index in [0.29, 0.717) is 60.8 Å². The Bertz CT molecular complexity index is 1790. The maximum atomic E-state index is 13.6. The zero-order chi connectivity index (χ0) is 38.3. The van der Waals surface area contributed by atoms with Gasteiger partial charge >= 0.3 is 0 Å². The SMILES string of the molecule is CN(Cc1c(C=O)cccc1NC(=O)CCNCCN/C=C(\N)CNC(=O)C1(Cc2cccc(Nc3nccs3)n2)CCCCC1)C1CCC(=O)NC1=O. The van der Waals surface area contributed by atoms with Crippen LogP contribution in [0.3, 0.4) is 0 Å². The van der Waals surface area contributed by atoms with Crippen molar-refractivity contribution in [3.8, 4) is 0 Å². The van der Waals surface area contributed by atoms with E-state index in [9.17, 15) is 24.0 Å². The number of benzene rings is 1. The highest BCUT2D eigenvalue weighted by molar-refractivity contribution is 7.13. The second-order valence-electron chi connectivity index (χ2n) is 13.8. The minimum atomic E-state index is -0.542. The van der Waals surface area contributed by atoms with Crippen molar-refractivity contribution in [2.75, 3.05) is 43.9 Å². The Morgan fingerprint density at radius 3 is 2.67 bits per heavy atom. The van der Waals surface area contributed by atoms with Crippen LogP contribution >= 0.6 is 11.3 Å². The number of nitrogens with two attached hydrogens (primary N) is 1. The summed E-state index contributed by atoms with van der Waals surface area (Å²) in [5, 5.41) is 20.6. The van der Waals surface area contributed by atoms with E-state index < -0.39 is 11.5 Å². The molecule has 1 aromatic carbocycles. The average molecular weight is 759 g/mol. The zero-order valence-corrected chi connectivity index (χ0v) is 31.4. The molecular formula is C38H50N10O5S. The van der Waals surface area contributed by atoms with E-state index in [-0.39, 0.29) is 49.6 Å². The molecule has 5 rings (SSSR count). The van der Waals surface area contributed by atoms with E-state index in [1.165, 1.54) is 11.3 Å². The highest BCUT2D eigenvalue weighted by Crippen LogP contribution is 2.39. The molecule has 3 aromatic rings. The van der Waals surface area contributed by atoms with E-state index in [0.717, 1.165) is 49.2 Å². The van der Waals surface area contributed by atoms with Crippen molar-refractivity contribution >= 4 is 57.9 Å². The van der Waals surface area contributed by atoms with E-state index in [2.05, 4.69) is 36.9 Å². The highest BCUT2D eigenvalue weighted by atomic mass is 32.1. The lowest BCUT2D eigenvalue weighted by Crippen LogP contribution is -2.51. The zero-order valence-electron chi connectivity index (χ0n) is 30.6. The van der Waals surface area contributed by atoms with Gasteiger partial charge in [0.25, 0.3) is 0 Å². The third kappa shape index (κ3) is 11.4. The predicted molar refractivity (Wildman–Crippen MR) is 208 cm³/mol. The molecule has 54 heavy (non-hydrogen) atoms. The van der Waals surface area contributed by atoms with Crippen molar-refractivity contribution in [1.29, 1.82) is 0 Å². The van der Waals surface area contributed by atoms with Crippen molar-refractivity contribution in [3.05, 3.63) is 76.7 Å². The lowest BCUT2D eigenvalue weighted by Gasteiger charge is -2.35. The molecule has 1 unspecified atom stereocenters. The fourth-order valence-corrected chi connectivity index (χ4v) is 7.43. The number of carbonyl (C=O) groups excluding carboxylic acids is 5. The van der Waals surface area contributed by atoms with Crippen LogP contribution in [-0.2, 0) is 32.1 Å². The van der Waals surface area contributed by atoms with Gasteiger partial charge in [0, 0.05) is 91.4 Å². The molecule has 0 radical (unpaired) electrons. The summed E-state index contributed by atoms with van der Waals surface area (Å²) < 4.78 is 0. The molecule has 1 atom stereocenters. The van der Waals surface area contributed by atoms with Gasteiger partial charge in [-0.15, -0.1) is 11.3 Å². The van der Waals surface area contributed by atoms with Crippen LogP contribution in [0.1, 0.15) is 73.0 Å². The second-order valence-corrected chi connectivity index (χ2v) is 14.7. The number of nitrogens with one attached hydrogen (secondary N) is 6. The lowest BCUT2D eigenvalue weighted by atomic mass is 9.70. The number of aldehydes is 1. The Kier molecular flexibility index (Phi) is 14.6. The van der Waals surface area contributed by atoms with Crippen molar-refractivity contribution in [3.63, 3.8) is 0 Å². The number of nitrogens with zero attached hydrogens (tertiary/aromatic N) is 3. The largest absolute Gasteiger partial charge is 0.399 e. The predicted octanol–water partition coefficient (Wildman–Crippen LogP) is 2.95. The molecule has 1 saturated carbocycles. The van der Waals surface area contributed by atoms with Gasteiger partial charge in [-0.3, -0.25) is 34.2 Å². The summed E-state index contributed by atoms with van der Waals surface area (Å²) in [6.07, 6.45) is 10.2. The molecule has 1 saturated heterocycles. The Labute approximate surface area is 319 Å². The average Bonchev–Trinajstić information content (AvgIpc) is 3.67. The van der Waals surface area contributed by atoms with Crippen molar-refractivity contribution in [2.45, 2.75) is 70.4 Å². The van der Waals surface area contributed by atoms with Gasteiger partial charge < -0.3 is 32.3 Å². The third-order valence-corrected chi connectivity index (χ3v) is 10.5. The number of hydrogen-bond donors (Lipinski definition) is 7. The van der Waals surface area contributed by atoms with Gasteiger partial charge in [0.1, 0.15) is 12.1 Å². The number of thiazole rings is 1. The standard InChI is InChI=1S/C38H50N10O5S/c1-48(31-11-12-33(50)47-35(31)52)24-29-26(25-49)7-5-9-30(29)45-34(51)13-16-40-17-18-41-22-27(39)23-43-36(53)38(14-3-2-4-15-38)21-28-8-6-10-32(44-28)46-37-42-19-20-54-37/h5-10,19-20,22,25,31,40-41H,2-4,11-18,21,23-24,39H2,1H3,(H,43,53)(H,45,51)(H,42,44,46)(H,47,50,52)/b27-22-. The monoisotopic (exact) mass is 758 g/mol. The molecule has 2 aliphatic rings. The first kappa shape index (κ1) is 40.0. The number of hydrogen-bond acceptors (Lipinski definition) is 13. The number of imide groups is 1. The van der Waals surface area contributed by atoms with E-state index in [1.807, 2.05) is 23.6 Å². The quantitative estimate of drug-likeness (QED) is 0.0535. The summed E-state index contributed by atoms with van der Waals surface area (Å²) >= 11 is 1.50. The number of piperidine rings is 1. The second kappa shape index (κ2) is 19.8. The first-order valence-corrected chi connectivity index (χ1v) is 19.2. The minimum absolute atomic E-state index is 0.00933. The first-order chi connectivity index (χ1) is 26.2. The van der Waals surface area contributed by atoms with Crippen molar-refractivity contribution < 1.29 is 24.0 Å². The van der Waals surface area contributed by atoms with Crippen LogP contribution in [0, 0.1) is 5.41 Å². The maximum absolute atomic E-state index is 13.6. The van der Waals surface area contributed by atoms with Crippen LogP contribution in [0.4, 0.5) is 16.6 Å². The summed E-state index contributed by atoms with van der Waals surface area (Å²) in [7, 11) is 1.75.